The highest BCUT2D eigenvalue weighted by Crippen LogP contribution is 2.35. The Balaban J connectivity index is 1.77. The van der Waals surface area contributed by atoms with E-state index in [-0.39, 0.29) is 22.3 Å². The molecule has 172 valence electrons. The monoisotopic (exact) mass is 489 g/mol. The molecule has 1 unspecified atom stereocenters. The van der Waals surface area contributed by atoms with Crippen molar-refractivity contribution in [3.63, 3.8) is 0 Å². The van der Waals surface area contributed by atoms with Crippen LogP contribution in [0.2, 0.25) is 0 Å². The third kappa shape index (κ3) is 5.68. The topological polar surface area (TPSA) is 134 Å². The fourth-order valence-corrected chi connectivity index (χ4v) is 4.41. The van der Waals surface area contributed by atoms with Gasteiger partial charge in [-0.25, -0.2) is 9.59 Å². The van der Waals surface area contributed by atoms with E-state index in [0.717, 1.165) is 16.7 Å². The molecule has 3 rings (SSSR count). The zero-order chi connectivity index (χ0) is 24.1. The van der Waals surface area contributed by atoms with E-state index in [4.69, 9.17) is 26.5 Å². The largest absolute Gasteiger partial charge is 0.481 e. The van der Waals surface area contributed by atoms with Crippen LogP contribution in [0.25, 0.3) is 17.4 Å². The molecule has 1 saturated heterocycles. The summed E-state index contributed by atoms with van der Waals surface area (Å²) >= 11 is 6.09. The van der Waals surface area contributed by atoms with Crippen LogP contribution in [0.15, 0.2) is 45.7 Å². The van der Waals surface area contributed by atoms with Gasteiger partial charge in [0.2, 0.25) is 0 Å². The van der Waals surface area contributed by atoms with Crippen LogP contribution in [-0.2, 0) is 19.1 Å². The van der Waals surface area contributed by atoms with Gasteiger partial charge in [0.05, 0.1) is 17.1 Å². The number of thioether (sulfide) groups is 1. The number of hydrogen-bond acceptors (Lipinski definition) is 8. The number of nitrogens with zero attached hydrogens (tertiary/aromatic N) is 1. The Kier molecular flexibility index (Phi) is 7.67. The Morgan fingerprint density at radius 1 is 1.18 bits per heavy atom. The summed E-state index contributed by atoms with van der Waals surface area (Å²) in [4.78, 5) is 48.1. The minimum Gasteiger partial charge on any atom is -0.481 e. The van der Waals surface area contributed by atoms with Crippen molar-refractivity contribution in [3.8, 4) is 11.3 Å². The van der Waals surface area contributed by atoms with Gasteiger partial charge in [-0.2, -0.15) is 0 Å². The quantitative estimate of drug-likeness (QED) is 0.305. The zero-order valence-corrected chi connectivity index (χ0v) is 19.0. The third-order valence-electron chi connectivity index (χ3n) is 4.63. The standard InChI is InChI=1S/C22H19NO8S2/c1-2-30-21(29)13-5-3-12(4-6-13)16-9-7-14(31-16)11-17-19(26)23(22(32)33-17)15(20(27)28)8-10-18(24)25/h3-7,9,11,15H,2,8,10H2,1H3,(H,24,25)(H,27,28)/b17-11-. The van der Waals surface area contributed by atoms with Crippen LogP contribution in [0, 0.1) is 0 Å². The molecule has 1 aliphatic rings. The molecule has 1 aromatic carbocycles. The molecule has 0 spiro atoms. The predicted molar refractivity (Wildman–Crippen MR) is 123 cm³/mol. The van der Waals surface area contributed by atoms with Crippen LogP contribution in [0.4, 0.5) is 0 Å². The number of hydrogen-bond donors (Lipinski definition) is 2. The van der Waals surface area contributed by atoms with Crippen LogP contribution >= 0.6 is 24.0 Å². The molecule has 0 bridgehead atoms. The Morgan fingerprint density at radius 2 is 1.88 bits per heavy atom. The number of amides is 1. The summed E-state index contributed by atoms with van der Waals surface area (Å²) in [6.45, 7) is 2.00. The molecular formula is C22H19NO8S2. The van der Waals surface area contributed by atoms with E-state index in [0.29, 0.717) is 22.6 Å². The molecule has 0 radical (unpaired) electrons. The Hall–Kier alpha value is -3.44. The van der Waals surface area contributed by atoms with Gasteiger partial charge in [0.1, 0.15) is 21.9 Å². The summed E-state index contributed by atoms with van der Waals surface area (Å²) in [5, 5.41) is 18.3. The van der Waals surface area contributed by atoms with Gasteiger partial charge in [-0.15, -0.1) is 0 Å². The first kappa shape index (κ1) is 24.2. The molecular weight excluding hydrogens is 470 g/mol. The molecule has 1 aromatic heterocycles. The van der Waals surface area contributed by atoms with Crippen LogP contribution in [0.1, 0.15) is 35.9 Å². The molecule has 2 heterocycles. The number of rotatable bonds is 9. The van der Waals surface area contributed by atoms with Crippen molar-refractivity contribution in [2.75, 3.05) is 6.61 Å². The fraction of sp³-hybridized carbons (Fsp3) is 0.227. The number of carbonyl (C=O) groups excluding carboxylic acids is 2. The van der Waals surface area contributed by atoms with Gasteiger partial charge in [0.25, 0.3) is 5.91 Å². The van der Waals surface area contributed by atoms with Gasteiger partial charge in [-0.1, -0.05) is 36.1 Å². The second kappa shape index (κ2) is 10.5. The minimum atomic E-state index is -1.37. The lowest BCUT2D eigenvalue weighted by atomic mass is 10.1. The highest BCUT2D eigenvalue weighted by atomic mass is 32.2. The molecule has 2 N–H and O–H groups in total. The van der Waals surface area contributed by atoms with E-state index in [2.05, 4.69) is 0 Å². The maximum absolute atomic E-state index is 12.8. The summed E-state index contributed by atoms with van der Waals surface area (Å²) in [6.07, 6.45) is 0.770. The minimum absolute atomic E-state index is 0.0328. The van der Waals surface area contributed by atoms with Gasteiger partial charge in [0, 0.05) is 18.1 Å². The van der Waals surface area contributed by atoms with Crippen molar-refractivity contribution < 1.29 is 38.5 Å². The van der Waals surface area contributed by atoms with Crippen molar-refractivity contribution >= 4 is 58.2 Å². The highest BCUT2D eigenvalue weighted by Gasteiger charge is 2.40. The smallest absolute Gasteiger partial charge is 0.338 e. The third-order valence-corrected chi connectivity index (χ3v) is 5.96. The number of aliphatic carboxylic acids is 2. The SMILES string of the molecule is CCOC(=O)c1ccc(-c2ccc(/C=C3\SC(=S)N(C(CCC(=O)O)C(=O)O)C3=O)o2)cc1. The Morgan fingerprint density at radius 3 is 2.48 bits per heavy atom. The first-order valence-corrected chi connectivity index (χ1v) is 11.0. The van der Waals surface area contributed by atoms with Crippen LogP contribution in [-0.4, -0.2) is 55.9 Å². The lowest BCUT2D eigenvalue weighted by molar-refractivity contribution is -0.146. The Bertz CT molecular complexity index is 1140. The summed E-state index contributed by atoms with van der Waals surface area (Å²) in [5.41, 5.74) is 1.11. The van der Waals surface area contributed by atoms with E-state index in [9.17, 15) is 24.3 Å². The molecule has 1 atom stereocenters. The second-order valence-electron chi connectivity index (χ2n) is 6.84. The average molecular weight is 490 g/mol. The fourth-order valence-electron chi connectivity index (χ4n) is 3.07. The van der Waals surface area contributed by atoms with Crippen molar-refractivity contribution in [3.05, 3.63) is 52.6 Å². The molecule has 9 nitrogen and oxygen atoms in total. The summed E-state index contributed by atoms with van der Waals surface area (Å²) in [7, 11) is 0. The molecule has 33 heavy (non-hydrogen) atoms. The number of ether oxygens (including phenoxy) is 1. The highest BCUT2D eigenvalue weighted by molar-refractivity contribution is 8.26. The summed E-state index contributed by atoms with van der Waals surface area (Å²) in [5.74, 6) is -2.70. The number of carbonyl (C=O) groups is 4. The number of carboxylic acid groups (broad SMARTS) is 2. The zero-order valence-electron chi connectivity index (χ0n) is 17.3. The van der Waals surface area contributed by atoms with Crippen molar-refractivity contribution in [2.24, 2.45) is 0 Å². The van der Waals surface area contributed by atoms with E-state index >= 15 is 0 Å². The Labute approximate surface area is 198 Å². The van der Waals surface area contributed by atoms with Crippen LogP contribution in [0.5, 0.6) is 0 Å². The van der Waals surface area contributed by atoms with Crippen molar-refractivity contribution in [1.82, 2.24) is 4.90 Å². The number of furan rings is 1. The average Bonchev–Trinajstić information content (AvgIpc) is 3.34. The lowest BCUT2D eigenvalue weighted by Gasteiger charge is -2.22. The van der Waals surface area contributed by atoms with Crippen LogP contribution in [0.3, 0.4) is 0 Å². The van der Waals surface area contributed by atoms with E-state index in [1.165, 1.54) is 6.08 Å². The van der Waals surface area contributed by atoms with Gasteiger partial charge in [-0.05, 0) is 37.6 Å². The van der Waals surface area contributed by atoms with Crippen molar-refractivity contribution in [1.29, 1.82) is 0 Å². The number of carboxylic acids is 2. The number of benzene rings is 1. The number of thiocarbonyl (C=S) groups is 1. The maximum atomic E-state index is 12.8. The molecule has 2 aromatic rings. The molecule has 1 fully saturated rings. The predicted octanol–water partition coefficient (Wildman–Crippen LogP) is 3.64. The van der Waals surface area contributed by atoms with Gasteiger partial charge in [-0.3, -0.25) is 14.5 Å². The molecule has 0 aliphatic carbocycles. The summed E-state index contributed by atoms with van der Waals surface area (Å²) in [6, 6.07) is 8.60. The molecule has 0 saturated carbocycles. The molecule has 11 heteroatoms. The second-order valence-corrected chi connectivity index (χ2v) is 8.51. The van der Waals surface area contributed by atoms with E-state index < -0.39 is 36.3 Å². The van der Waals surface area contributed by atoms with E-state index in [1.54, 1.807) is 43.3 Å². The van der Waals surface area contributed by atoms with Gasteiger partial charge < -0.3 is 19.4 Å². The first-order valence-electron chi connectivity index (χ1n) is 9.80. The van der Waals surface area contributed by atoms with Crippen LogP contribution < -0.4 is 0 Å². The van der Waals surface area contributed by atoms with Gasteiger partial charge >= 0.3 is 17.9 Å². The normalized spacial score (nSPS) is 15.7. The van der Waals surface area contributed by atoms with Gasteiger partial charge in [0.15, 0.2) is 0 Å². The first-order chi connectivity index (χ1) is 15.7. The number of esters is 1. The summed E-state index contributed by atoms with van der Waals surface area (Å²) < 4.78 is 10.8. The molecule has 1 amide bonds. The molecule has 1 aliphatic heterocycles. The van der Waals surface area contributed by atoms with Crippen molar-refractivity contribution in [2.45, 2.75) is 25.8 Å². The lowest BCUT2D eigenvalue weighted by Crippen LogP contribution is -2.44. The maximum Gasteiger partial charge on any atom is 0.338 e. The van der Waals surface area contributed by atoms with E-state index in [1.807, 2.05) is 0 Å².